The zero-order valence-electron chi connectivity index (χ0n) is 15.9. The Morgan fingerprint density at radius 3 is 2.00 bits per heavy atom. The van der Waals surface area contributed by atoms with Gasteiger partial charge >= 0.3 is 12.2 Å². The predicted octanol–water partition coefficient (Wildman–Crippen LogP) is 4.56. The van der Waals surface area contributed by atoms with Crippen molar-refractivity contribution in [3.05, 3.63) is 59.1 Å². The summed E-state index contributed by atoms with van der Waals surface area (Å²) in [6.07, 6.45) is -3.83. The number of halogens is 3. The number of aromatic nitrogens is 2. The highest BCUT2D eigenvalue weighted by atomic mass is 32.2. The van der Waals surface area contributed by atoms with Crippen LogP contribution in [0.5, 0.6) is 0 Å². The second kappa shape index (κ2) is 8.89. The van der Waals surface area contributed by atoms with Crippen molar-refractivity contribution in [2.75, 3.05) is 15.4 Å². The fourth-order valence-electron chi connectivity index (χ4n) is 2.36. The number of nitrogens with zero attached hydrogens (tertiary/aromatic N) is 2. The van der Waals surface area contributed by atoms with Crippen LogP contribution in [0.15, 0.2) is 53.4 Å². The molecule has 8 nitrogen and oxygen atoms in total. The summed E-state index contributed by atoms with van der Waals surface area (Å²) in [6.45, 7) is 1.87. The Labute approximate surface area is 179 Å². The molecule has 0 unspecified atom stereocenters. The molecule has 31 heavy (non-hydrogen) atoms. The quantitative estimate of drug-likeness (QED) is 0.488. The van der Waals surface area contributed by atoms with Gasteiger partial charge in [-0.3, -0.25) is 4.72 Å². The first-order valence-electron chi connectivity index (χ1n) is 8.77. The Hall–Kier alpha value is -3.19. The maximum atomic E-state index is 12.6. The Bertz CT molecular complexity index is 1160. The highest BCUT2D eigenvalue weighted by Crippen LogP contribution is 2.30. The molecule has 0 fully saturated rings. The maximum absolute atomic E-state index is 12.6. The second-order valence-electron chi connectivity index (χ2n) is 6.14. The van der Waals surface area contributed by atoms with Gasteiger partial charge in [-0.1, -0.05) is 18.3 Å². The molecule has 0 atom stereocenters. The van der Waals surface area contributed by atoms with E-state index >= 15 is 0 Å². The Kier molecular flexibility index (Phi) is 6.45. The summed E-state index contributed by atoms with van der Waals surface area (Å²) in [5.41, 5.74) is -0.381. The molecular formula is C18H16F3N5O3S2. The van der Waals surface area contributed by atoms with Gasteiger partial charge in [0, 0.05) is 11.4 Å². The largest absolute Gasteiger partial charge is 0.416 e. The number of carbonyl (C=O) groups excluding carboxylic acids is 1. The second-order valence-corrected chi connectivity index (χ2v) is 8.88. The topological polar surface area (TPSA) is 113 Å². The van der Waals surface area contributed by atoms with Crippen LogP contribution in [-0.2, 0) is 22.6 Å². The molecule has 13 heteroatoms. The predicted molar refractivity (Wildman–Crippen MR) is 111 cm³/mol. The van der Waals surface area contributed by atoms with E-state index in [0.29, 0.717) is 11.4 Å². The monoisotopic (exact) mass is 471 g/mol. The van der Waals surface area contributed by atoms with Gasteiger partial charge in [0.2, 0.25) is 5.13 Å². The van der Waals surface area contributed by atoms with Crippen LogP contribution in [0, 0.1) is 0 Å². The summed E-state index contributed by atoms with van der Waals surface area (Å²) in [7, 11) is -3.88. The van der Waals surface area contributed by atoms with Gasteiger partial charge in [0.05, 0.1) is 10.5 Å². The molecule has 0 radical (unpaired) electrons. The first-order valence-corrected chi connectivity index (χ1v) is 11.1. The van der Waals surface area contributed by atoms with Crippen LogP contribution in [0.4, 0.5) is 34.5 Å². The molecule has 3 rings (SSSR count). The van der Waals surface area contributed by atoms with Gasteiger partial charge in [-0.15, -0.1) is 10.2 Å². The van der Waals surface area contributed by atoms with Gasteiger partial charge in [0.15, 0.2) is 0 Å². The van der Waals surface area contributed by atoms with E-state index in [4.69, 9.17) is 0 Å². The van der Waals surface area contributed by atoms with E-state index in [2.05, 4.69) is 25.6 Å². The molecular weight excluding hydrogens is 455 g/mol. The smallest absolute Gasteiger partial charge is 0.308 e. The normalized spacial score (nSPS) is 11.7. The summed E-state index contributed by atoms with van der Waals surface area (Å²) in [6, 6.07) is 8.58. The van der Waals surface area contributed by atoms with E-state index in [-0.39, 0.29) is 21.4 Å². The van der Waals surface area contributed by atoms with Crippen molar-refractivity contribution in [2.24, 2.45) is 0 Å². The molecule has 0 saturated carbocycles. The highest BCUT2D eigenvalue weighted by Gasteiger charge is 2.30. The number of amides is 2. The lowest BCUT2D eigenvalue weighted by Gasteiger charge is -2.10. The van der Waals surface area contributed by atoms with E-state index in [1.54, 1.807) is 0 Å². The van der Waals surface area contributed by atoms with Gasteiger partial charge in [-0.25, -0.2) is 13.2 Å². The number of rotatable bonds is 6. The van der Waals surface area contributed by atoms with Crippen LogP contribution in [-0.4, -0.2) is 24.6 Å². The number of carbonyl (C=O) groups is 1. The number of urea groups is 1. The third-order valence-corrected chi connectivity index (χ3v) is 6.35. The maximum Gasteiger partial charge on any atom is 0.416 e. The molecule has 164 valence electrons. The lowest BCUT2D eigenvalue weighted by molar-refractivity contribution is -0.137. The minimum Gasteiger partial charge on any atom is -0.308 e. The third kappa shape index (κ3) is 5.92. The summed E-state index contributed by atoms with van der Waals surface area (Å²) in [5, 5.41) is 13.3. The summed E-state index contributed by atoms with van der Waals surface area (Å²) >= 11 is 1.13. The van der Waals surface area contributed by atoms with E-state index in [9.17, 15) is 26.4 Å². The standard InChI is InChI=1S/C18H16F3N5O3S2/c1-2-15-24-25-17(30-15)26-31(28,29)14-9-7-13(8-10-14)23-16(27)22-12-5-3-11(4-6-12)18(19,20)21/h3-10H,2H2,1H3,(H,25,26)(H2,22,23,27). The average molecular weight is 471 g/mol. The number of sulfonamides is 1. The van der Waals surface area contributed by atoms with Crippen LogP contribution in [0.1, 0.15) is 17.5 Å². The molecule has 0 spiro atoms. The highest BCUT2D eigenvalue weighted by molar-refractivity contribution is 7.93. The van der Waals surface area contributed by atoms with Gasteiger partial charge < -0.3 is 10.6 Å². The minimum atomic E-state index is -4.47. The Morgan fingerprint density at radius 2 is 1.52 bits per heavy atom. The van der Waals surface area contributed by atoms with Crippen LogP contribution in [0.3, 0.4) is 0 Å². The van der Waals surface area contributed by atoms with Gasteiger partial charge in [-0.2, -0.15) is 13.2 Å². The molecule has 2 amide bonds. The summed E-state index contributed by atoms with van der Waals surface area (Å²) < 4.78 is 64.9. The Morgan fingerprint density at radius 1 is 0.968 bits per heavy atom. The number of hydrogen-bond donors (Lipinski definition) is 3. The molecule has 2 aromatic carbocycles. The van der Waals surface area contributed by atoms with Crippen LogP contribution in [0.25, 0.3) is 0 Å². The molecule has 1 aromatic heterocycles. The van der Waals surface area contributed by atoms with E-state index in [1.165, 1.54) is 24.3 Å². The van der Waals surface area contributed by atoms with Crippen LogP contribution in [0.2, 0.25) is 0 Å². The zero-order valence-corrected chi connectivity index (χ0v) is 17.5. The number of aryl methyl sites for hydroxylation is 1. The van der Waals surface area contributed by atoms with Gasteiger partial charge in [0.1, 0.15) is 5.01 Å². The van der Waals surface area contributed by atoms with Crippen molar-refractivity contribution in [3.8, 4) is 0 Å². The number of nitrogens with one attached hydrogen (secondary N) is 3. The Balaban J connectivity index is 1.61. The van der Waals surface area contributed by atoms with Crippen molar-refractivity contribution < 1.29 is 26.4 Å². The average Bonchev–Trinajstić information content (AvgIpc) is 3.15. The van der Waals surface area contributed by atoms with Crippen LogP contribution >= 0.6 is 11.3 Å². The van der Waals surface area contributed by atoms with Crippen molar-refractivity contribution in [3.63, 3.8) is 0 Å². The van der Waals surface area contributed by atoms with E-state index < -0.39 is 27.8 Å². The van der Waals surface area contributed by atoms with Crippen molar-refractivity contribution >= 4 is 43.9 Å². The fraction of sp³-hybridized carbons (Fsp3) is 0.167. The van der Waals surface area contributed by atoms with Crippen molar-refractivity contribution in [2.45, 2.75) is 24.4 Å². The minimum absolute atomic E-state index is 0.0468. The van der Waals surface area contributed by atoms with Gasteiger partial charge in [0.25, 0.3) is 10.0 Å². The molecule has 3 N–H and O–H groups in total. The van der Waals surface area contributed by atoms with E-state index in [0.717, 1.165) is 35.6 Å². The third-order valence-electron chi connectivity index (χ3n) is 3.88. The lowest BCUT2D eigenvalue weighted by Crippen LogP contribution is -2.19. The SMILES string of the molecule is CCc1nnc(NS(=O)(=O)c2ccc(NC(=O)Nc3ccc(C(F)(F)F)cc3)cc2)s1. The van der Waals surface area contributed by atoms with Gasteiger partial charge in [-0.05, 0) is 55.0 Å². The molecule has 3 aromatic rings. The first-order chi connectivity index (χ1) is 14.6. The number of benzene rings is 2. The van der Waals surface area contributed by atoms with Crippen LogP contribution < -0.4 is 15.4 Å². The van der Waals surface area contributed by atoms with Crippen molar-refractivity contribution in [1.82, 2.24) is 10.2 Å². The number of anilines is 3. The molecule has 1 heterocycles. The fourth-order valence-corrected chi connectivity index (χ4v) is 4.27. The number of alkyl halides is 3. The zero-order chi connectivity index (χ0) is 22.6. The summed E-state index contributed by atoms with van der Waals surface area (Å²) in [5.74, 6) is 0. The molecule has 0 saturated heterocycles. The molecule has 0 bridgehead atoms. The molecule has 0 aliphatic rings. The van der Waals surface area contributed by atoms with E-state index in [1.807, 2.05) is 6.92 Å². The van der Waals surface area contributed by atoms with Crippen molar-refractivity contribution in [1.29, 1.82) is 0 Å². The summed E-state index contributed by atoms with van der Waals surface area (Å²) in [4.78, 5) is 12.0. The first kappa shape index (κ1) is 22.5. The number of hydrogen-bond acceptors (Lipinski definition) is 6. The molecule has 0 aliphatic heterocycles. The molecule has 0 aliphatic carbocycles. The lowest BCUT2D eigenvalue weighted by atomic mass is 10.2.